The number of aromatic hydroxyl groups is 1. The molecule has 0 aromatic heterocycles. The molecule has 0 spiro atoms. The molecule has 0 bridgehead atoms. The highest BCUT2D eigenvalue weighted by Crippen LogP contribution is 2.20. The van der Waals surface area contributed by atoms with E-state index in [2.05, 4.69) is 5.32 Å². The monoisotopic (exact) mass is 285 g/mol. The number of aliphatic hydroxyl groups is 1. The number of phenols is 1. The lowest BCUT2D eigenvalue weighted by molar-refractivity contribution is 0.0919. The zero-order valence-electron chi connectivity index (χ0n) is 11.9. The normalized spacial score (nSPS) is 11.9. The van der Waals surface area contributed by atoms with Crippen LogP contribution in [0.3, 0.4) is 0 Å². The third kappa shape index (κ3) is 4.07. The van der Waals surface area contributed by atoms with Crippen LogP contribution in [0.15, 0.2) is 48.5 Å². The van der Waals surface area contributed by atoms with E-state index in [0.29, 0.717) is 6.42 Å². The molecule has 2 aromatic carbocycles. The van der Waals surface area contributed by atoms with E-state index < -0.39 is 0 Å². The van der Waals surface area contributed by atoms with Gasteiger partial charge in [0.2, 0.25) is 0 Å². The SMILES string of the molecule is CC(CO)NC(=O)c1cc(Cc2ccccc2)ccc1O. The first-order valence-corrected chi connectivity index (χ1v) is 6.87. The molecule has 21 heavy (non-hydrogen) atoms. The van der Waals surface area contributed by atoms with Crippen LogP contribution in [0.2, 0.25) is 0 Å². The molecule has 0 saturated carbocycles. The van der Waals surface area contributed by atoms with Crippen LogP contribution in [-0.2, 0) is 6.42 Å². The first kappa shape index (κ1) is 15.1. The number of nitrogens with one attached hydrogen (secondary N) is 1. The Balaban J connectivity index is 2.19. The Kier molecular flexibility index (Phi) is 4.95. The molecule has 0 aliphatic rings. The molecule has 1 atom stereocenters. The van der Waals surface area contributed by atoms with Crippen LogP contribution in [0.4, 0.5) is 0 Å². The van der Waals surface area contributed by atoms with Gasteiger partial charge in [0, 0.05) is 6.04 Å². The fraction of sp³-hybridized carbons (Fsp3) is 0.235. The predicted molar refractivity (Wildman–Crippen MR) is 81.4 cm³/mol. The second-order valence-corrected chi connectivity index (χ2v) is 5.07. The molecule has 1 amide bonds. The summed E-state index contributed by atoms with van der Waals surface area (Å²) in [5.74, 6) is -0.446. The summed E-state index contributed by atoms with van der Waals surface area (Å²) in [5, 5.41) is 21.4. The van der Waals surface area contributed by atoms with Crippen molar-refractivity contribution < 1.29 is 15.0 Å². The molecule has 3 N–H and O–H groups in total. The maximum Gasteiger partial charge on any atom is 0.255 e. The van der Waals surface area contributed by atoms with Crippen molar-refractivity contribution in [3.8, 4) is 5.75 Å². The Labute approximate surface area is 124 Å². The van der Waals surface area contributed by atoms with Crippen LogP contribution < -0.4 is 5.32 Å². The molecule has 4 nitrogen and oxygen atoms in total. The van der Waals surface area contributed by atoms with Crippen molar-refractivity contribution in [2.75, 3.05) is 6.61 Å². The van der Waals surface area contributed by atoms with Crippen LogP contribution in [0.25, 0.3) is 0 Å². The van der Waals surface area contributed by atoms with Gasteiger partial charge in [0.25, 0.3) is 5.91 Å². The van der Waals surface area contributed by atoms with Crippen molar-refractivity contribution in [3.63, 3.8) is 0 Å². The quantitative estimate of drug-likeness (QED) is 0.788. The van der Waals surface area contributed by atoms with Gasteiger partial charge in [0.15, 0.2) is 0 Å². The van der Waals surface area contributed by atoms with Crippen molar-refractivity contribution in [2.45, 2.75) is 19.4 Å². The van der Waals surface area contributed by atoms with Gasteiger partial charge < -0.3 is 15.5 Å². The van der Waals surface area contributed by atoms with Gasteiger partial charge in [-0.15, -0.1) is 0 Å². The largest absolute Gasteiger partial charge is 0.507 e. The van der Waals surface area contributed by atoms with E-state index in [1.165, 1.54) is 6.07 Å². The zero-order valence-corrected chi connectivity index (χ0v) is 11.9. The van der Waals surface area contributed by atoms with Crippen molar-refractivity contribution >= 4 is 5.91 Å². The third-order valence-electron chi connectivity index (χ3n) is 3.21. The number of carbonyl (C=O) groups excluding carboxylic acids is 1. The van der Waals surface area contributed by atoms with Crippen molar-refractivity contribution in [1.82, 2.24) is 5.32 Å². The van der Waals surface area contributed by atoms with Gasteiger partial charge in [-0.3, -0.25) is 4.79 Å². The maximum absolute atomic E-state index is 12.1. The molecule has 2 aromatic rings. The number of phenolic OH excluding ortho intramolecular Hbond substituents is 1. The molecule has 0 aliphatic heterocycles. The third-order valence-corrected chi connectivity index (χ3v) is 3.21. The van der Waals surface area contributed by atoms with Gasteiger partial charge >= 0.3 is 0 Å². The summed E-state index contributed by atoms with van der Waals surface area (Å²) in [6.07, 6.45) is 0.691. The first-order valence-electron chi connectivity index (χ1n) is 6.87. The number of benzene rings is 2. The van der Waals surface area contributed by atoms with Crippen molar-refractivity contribution in [3.05, 3.63) is 65.2 Å². The first-order chi connectivity index (χ1) is 10.1. The Morgan fingerprint density at radius 1 is 1.14 bits per heavy atom. The lowest BCUT2D eigenvalue weighted by atomic mass is 10.0. The topological polar surface area (TPSA) is 69.6 Å². The second-order valence-electron chi connectivity index (χ2n) is 5.07. The summed E-state index contributed by atoms with van der Waals surface area (Å²) in [5.41, 5.74) is 2.31. The van der Waals surface area contributed by atoms with E-state index in [1.807, 2.05) is 30.3 Å². The maximum atomic E-state index is 12.1. The van der Waals surface area contributed by atoms with Crippen LogP contribution >= 0.6 is 0 Å². The molecule has 4 heteroatoms. The van der Waals surface area contributed by atoms with Crippen LogP contribution in [0.5, 0.6) is 5.75 Å². The molecule has 0 saturated heterocycles. The summed E-state index contributed by atoms with van der Waals surface area (Å²) in [7, 11) is 0. The zero-order chi connectivity index (χ0) is 15.2. The lowest BCUT2D eigenvalue weighted by Gasteiger charge is -2.12. The Morgan fingerprint density at radius 2 is 1.86 bits per heavy atom. The second kappa shape index (κ2) is 6.90. The van der Waals surface area contributed by atoms with E-state index in [4.69, 9.17) is 5.11 Å². The smallest absolute Gasteiger partial charge is 0.255 e. The van der Waals surface area contributed by atoms with Crippen LogP contribution in [0, 0.1) is 0 Å². The van der Waals surface area contributed by atoms with E-state index in [1.54, 1.807) is 19.1 Å². The molecule has 0 radical (unpaired) electrons. The Hall–Kier alpha value is -2.33. The lowest BCUT2D eigenvalue weighted by Crippen LogP contribution is -2.35. The van der Waals surface area contributed by atoms with E-state index >= 15 is 0 Å². The molecule has 0 fully saturated rings. The summed E-state index contributed by atoms with van der Waals surface area (Å²) in [6, 6.07) is 14.6. The van der Waals surface area contributed by atoms with Crippen molar-refractivity contribution in [1.29, 1.82) is 0 Å². The number of rotatable bonds is 5. The highest BCUT2D eigenvalue weighted by atomic mass is 16.3. The number of hydrogen-bond donors (Lipinski definition) is 3. The summed E-state index contributed by atoms with van der Waals surface area (Å²) in [4.78, 5) is 12.1. The number of amides is 1. The molecular formula is C17H19NO3. The van der Waals surface area contributed by atoms with Gasteiger partial charge in [-0.2, -0.15) is 0 Å². The molecule has 110 valence electrons. The molecule has 1 unspecified atom stereocenters. The highest BCUT2D eigenvalue weighted by Gasteiger charge is 2.14. The van der Waals surface area contributed by atoms with E-state index in [9.17, 15) is 9.90 Å². The van der Waals surface area contributed by atoms with E-state index in [0.717, 1.165) is 11.1 Å². The molecule has 0 heterocycles. The van der Waals surface area contributed by atoms with Crippen LogP contribution in [0.1, 0.15) is 28.4 Å². The standard InChI is InChI=1S/C17H19NO3/c1-12(11-19)18-17(21)15-10-14(7-8-16(15)20)9-13-5-3-2-4-6-13/h2-8,10,12,19-20H,9,11H2,1H3,(H,18,21). The molecular weight excluding hydrogens is 266 g/mol. The summed E-state index contributed by atoms with van der Waals surface area (Å²) < 4.78 is 0. The minimum atomic E-state index is -0.385. The minimum absolute atomic E-state index is 0.0607. The van der Waals surface area contributed by atoms with Gasteiger partial charge in [0.1, 0.15) is 5.75 Å². The molecule has 0 aliphatic carbocycles. The average Bonchev–Trinajstić information content (AvgIpc) is 2.50. The number of carbonyl (C=O) groups is 1. The number of hydrogen-bond acceptors (Lipinski definition) is 3. The number of aliphatic hydroxyl groups excluding tert-OH is 1. The van der Waals surface area contributed by atoms with Crippen LogP contribution in [-0.4, -0.2) is 28.8 Å². The minimum Gasteiger partial charge on any atom is -0.507 e. The van der Waals surface area contributed by atoms with Gasteiger partial charge in [0.05, 0.1) is 12.2 Å². The van der Waals surface area contributed by atoms with Gasteiger partial charge in [-0.05, 0) is 36.6 Å². The predicted octanol–water partition coefficient (Wildman–Crippen LogP) is 2.09. The average molecular weight is 285 g/mol. The summed E-state index contributed by atoms with van der Waals surface area (Å²) in [6.45, 7) is 1.55. The fourth-order valence-electron chi connectivity index (χ4n) is 2.05. The van der Waals surface area contributed by atoms with Gasteiger partial charge in [-0.25, -0.2) is 0 Å². The van der Waals surface area contributed by atoms with E-state index in [-0.39, 0.29) is 29.9 Å². The Bertz CT molecular complexity index is 611. The summed E-state index contributed by atoms with van der Waals surface area (Å²) >= 11 is 0. The highest BCUT2D eigenvalue weighted by molar-refractivity contribution is 5.97. The Morgan fingerprint density at radius 3 is 2.52 bits per heavy atom. The molecule has 2 rings (SSSR count). The fourth-order valence-corrected chi connectivity index (χ4v) is 2.05. The van der Waals surface area contributed by atoms with Gasteiger partial charge in [-0.1, -0.05) is 36.4 Å². The van der Waals surface area contributed by atoms with Crippen molar-refractivity contribution in [2.24, 2.45) is 0 Å².